The van der Waals surface area contributed by atoms with Crippen molar-refractivity contribution in [3.63, 3.8) is 0 Å². The SMILES string of the molecule is CC(C)(C)c1ccc(N(c2ccc(C(C)(C)C)cc2)c2cc3c(s2)C2(c4ccccc4-c4ccccc42)c2cc(N(c4ccc(C(C)(C)C)cc4)c4ccc(C(C)(C)C)cc4)sc2C32c3ccccc3-c3ccccc32)cc1. The van der Waals surface area contributed by atoms with Gasteiger partial charge in [0.2, 0.25) is 0 Å². The summed E-state index contributed by atoms with van der Waals surface area (Å²) in [5, 5.41) is 2.40. The predicted molar refractivity (Wildman–Crippen MR) is 335 cm³/mol. The first-order valence-corrected chi connectivity index (χ1v) is 29.5. The van der Waals surface area contributed by atoms with Crippen LogP contribution in [-0.4, -0.2) is 0 Å². The summed E-state index contributed by atoms with van der Waals surface area (Å²) < 4.78 is 0. The standard InChI is InChI=1S/C74H70N2S2/c1-69(2,3)47-29-37-51(38-30-47)75(52-39-31-48(32-40-52)70(4,5)6)65-45-63-67(77-65)74(61-27-19-15-23-57(61)58-24-16-20-28-62(58)74)64-46-66(78-68(64)73(63)59-25-17-13-21-55(59)56-22-14-18-26-60(56)73)76(53-41-33-49(34-42-53)71(7,8)9)54-43-35-50(36-44-54)72(10,11)12/h13-46H,1-12H3. The zero-order valence-corrected chi connectivity index (χ0v) is 49.0. The van der Waals surface area contributed by atoms with Crippen LogP contribution >= 0.6 is 22.7 Å². The molecule has 4 heteroatoms. The van der Waals surface area contributed by atoms with E-state index in [9.17, 15) is 0 Å². The number of anilines is 6. The molecule has 2 heterocycles. The molecule has 10 aromatic rings. The minimum absolute atomic E-state index is 0.0165. The van der Waals surface area contributed by atoms with Crippen LogP contribution in [0.25, 0.3) is 22.3 Å². The lowest BCUT2D eigenvalue weighted by Gasteiger charge is -2.45. The molecule has 0 bridgehead atoms. The Morgan fingerprint density at radius 2 is 0.487 bits per heavy atom. The van der Waals surface area contributed by atoms with Gasteiger partial charge in [-0.2, -0.15) is 0 Å². The maximum atomic E-state index is 2.62. The zero-order chi connectivity index (χ0) is 54.3. The Morgan fingerprint density at radius 3 is 0.705 bits per heavy atom. The summed E-state index contributed by atoms with van der Waals surface area (Å²) in [4.78, 5) is 7.84. The fourth-order valence-electron chi connectivity index (χ4n) is 13.1. The second-order valence-corrected chi connectivity index (χ2v) is 28.3. The Labute approximate surface area is 471 Å². The highest BCUT2D eigenvalue weighted by Crippen LogP contribution is 2.72. The Balaban J connectivity index is 1.16. The monoisotopic (exact) mass is 1050 g/mol. The third-order valence-electron chi connectivity index (χ3n) is 17.2. The summed E-state index contributed by atoms with van der Waals surface area (Å²) in [5.74, 6) is 0. The second-order valence-electron chi connectivity index (χ2n) is 26.2. The minimum Gasteiger partial charge on any atom is -0.302 e. The summed E-state index contributed by atoms with van der Waals surface area (Å²) >= 11 is 3.97. The molecule has 0 aliphatic heterocycles. The molecule has 2 nitrogen and oxygen atoms in total. The number of fused-ring (bicyclic) bond motifs is 16. The smallest absolute Gasteiger partial charge is 0.101 e. The molecule has 0 fully saturated rings. The number of benzene rings is 8. The fourth-order valence-corrected chi connectivity index (χ4v) is 16.1. The zero-order valence-electron chi connectivity index (χ0n) is 47.3. The van der Waals surface area contributed by atoms with Crippen molar-refractivity contribution >= 4 is 55.4 Å². The highest BCUT2D eigenvalue weighted by atomic mass is 32.1. The van der Waals surface area contributed by atoms with Crippen LogP contribution < -0.4 is 9.80 Å². The van der Waals surface area contributed by atoms with Crippen molar-refractivity contribution in [3.8, 4) is 22.3 Å². The van der Waals surface area contributed by atoms with Crippen LogP contribution in [0, 0.1) is 0 Å². The van der Waals surface area contributed by atoms with Crippen LogP contribution in [0.1, 0.15) is 148 Å². The second kappa shape index (κ2) is 17.6. The average molecular weight is 1050 g/mol. The van der Waals surface area contributed by atoms with Gasteiger partial charge >= 0.3 is 0 Å². The van der Waals surface area contributed by atoms with Crippen LogP contribution in [0.4, 0.5) is 32.8 Å². The predicted octanol–water partition coefficient (Wildman–Crippen LogP) is 21.0. The van der Waals surface area contributed by atoms with Crippen molar-refractivity contribution in [2.45, 2.75) is 116 Å². The van der Waals surface area contributed by atoms with Gasteiger partial charge < -0.3 is 9.80 Å². The van der Waals surface area contributed by atoms with Crippen molar-refractivity contribution in [2.24, 2.45) is 0 Å². The number of hydrogen-bond donors (Lipinski definition) is 0. The lowest BCUT2D eigenvalue weighted by atomic mass is 9.58. The summed E-state index contributed by atoms with van der Waals surface area (Å²) in [6.45, 7) is 27.7. The Kier molecular flexibility index (Phi) is 11.4. The van der Waals surface area contributed by atoms with Gasteiger partial charge in [-0.15, -0.1) is 22.7 Å². The average Bonchev–Trinajstić information content (AvgIpc) is 4.23. The van der Waals surface area contributed by atoms with Gasteiger partial charge in [-0.05, 0) is 160 Å². The lowest BCUT2D eigenvalue weighted by Crippen LogP contribution is -2.41. The fraction of sp³-hybridized carbons (Fsp3) is 0.243. The van der Waals surface area contributed by atoms with Crippen molar-refractivity contribution in [1.82, 2.24) is 0 Å². The van der Waals surface area contributed by atoms with E-state index in [-0.39, 0.29) is 21.7 Å². The quantitative estimate of drug-likeness (QED) is 0.164. The molecule has 2 spiro atoms. The summed E-state index contributed by atoms with van der Waals surface area (Å²) in [7, 11) is 0. The maximum absolute atomic E-state index is 2.62. The Hall–Kier alpha value is -7.24. The molecule has 0 N–H and O–H groups in total. The minimum atomic E-state index is -0.650. The molecular weight excluding hydrogens is 981 g/mol. The maximum Gasteiger partial charge on any atom is 0.101 e. The van der Waals surface area contributed by atoms with E-state index in [1.165, 1.54) is 97.6 Å². The molecule has 13 rings (SSSR count). The molecule has 78 heavy (non-hydrogen) atoms. The van der Waals surface area contributed by atoms with E-state index in [0.717, 1.165) is 22.7 Å². The van der Waals surface area contributed by atoms with Crippen molar-refractivity contribution in [3.05, 3.63) is 272 Å². The molecule has 2 aromatic heterocycles. The van der Waals surface area contributed by atoms with E-state index in [1.54, 1.807) is 0 Å². The van der Waals surface area contributed by atoms with Gasteiger partial charge in [-0.1, -0.05) is 229 Å². The summed E-state index contributed by atoms with van der Waals surface area (Å²) in [6.07, 6.45) is 0. The van der Waals surface area contributed by atoms with Crippen molar-refractivity contribution < 1.29 is 0 Å². The van der Waals surface area contributed by atoms with Gasteiger partial charge in [0.25, 0.3) is 0 Å². The largest absolute Gasteiger partial charge is 0.302 e. The van der Waals surface area contributed by atoms with Gasteiger partial charge in [0.05, 0.1) is 10.8 Å². The van der Waals surface area contributed by atoms with Crippen LogP contribution in [-0.2, 0) is 32.5 Å². The van der Waals surface area contributed by atoms with E-state index in [0.29, 0.717) is 0 Å². The third-order valence-corrected chi connectivity index (χ3v) is 19.7. The number of nitrogens with zero attached hydrogens (tertiary/aromatic N) is 2. The van der Waals surface area contributed by atoms with E-state index in [1.807, 2.05) is 22.7 Å². The van der Waals surface area contributed by atoms with Gasteiger partial charge in [0.15, 0.2) is 0 Å². The molecule has 0 radical (unpaired) electrons. The summed E-state index contributed by atoms with van der Waals surface area (Å²) in [5.41, 5.74) is 21.9. The number of hydrogen-bond acceptors (Lipinski definition) is 4. The Bertz CT molecular complexity index is 3420. The third kappa shape index (κ3) is 7.53. The molecule has 0 saturated heterocycles. The van der Waals surface area contributed by atoms with Gasteiger partial charge in [-0.25, -0.2) is 0 Å². The van der Waals surface area contributed by atoms with Gasteiger partial charge in [0, 0.05) is 32.5 Å². The van der Waals surface area contributed by atoms with Gasteiger partial charge in [0.1, 0.15) is 10.0 Å². The molecule has 388 valence electrons. The van der Waals surface area contributed by atoms with E-state index >= 15 is 0 Å². The highest BCUT2D eigenvalue weighted by molar-refractivity contribution is 7.18. The van der Waals surface area contributed by atoms with E-state index in [2.05, 4.69) is 299 Å². The van der Waals surface area contributed by atoms with Crippen LogP contribution in [0.3, 0.4) is 0 Å². The number of thiophene rings is 2. The van der Waals surface area contributed by atoms with E-state index in [4.69, 9.17) is 0 Å². The summed E-state index contributed by atoms with van der Waals surface area (Å²) in [6, 6.07) is 80.0. The molecule has 0 saturated carbocycles. The normalized spacial score (nSPS) is 14.6. The first-order valence-electron chi connectivity index (χ1n) is 27.9. The van der Waals surface area contributed by atoms with Crippen LogP contribution in [0.5, 0.6) is 0 Å². The molecule has 8 aromatic carbocycles. The lowest BCUT2D eigenvalue weighted by molar-refractivity contribution is 0.590. The molecule has 0 unspecified atom stereocenters. The van der Waals surface area contributed by atoms with Crippen molar-refractivity contribution in [1.29, 1.82) is 0 Å². The molecule has 3 aliphatic rings. The first-order chi connectivity index (χ1) is 37.2. The Morgan fingerprint density at radius 1 is 0.269 bits per heavy atom. The number of rotatable bonds is 6. The van der Waals surface area contributed by atoms with Crippen LogP contribution in [0.15, 0.2) is 206 Å². The topological polar surface area (TPSA) is 6.48 Å². The highest BCUT2D eigenvalue weighted by Gasteiger charge is 2.61. The van der Waals surface area contributed by atoms with Gasteiger partial charge in [-0.3, -0.25) is 0 Å². The molecule has 3 aliphatic carbocycles. The molecule has 0 amide bonds. The molecule has 0 atom stereocenters. The molecular formula is C74H70N2S2. The van der Waals surface area contributed by atoms with Crippen molar-refractivity contribution in [2.75, 3.05) is 9.80 Å². The van der Waals surface area contributed by atoms with E-state index < -0.39 is 10.8 Å². The first kappa shape index (κ1) is 50.3. The van der Waals surface area contributed by atoms with Crippen LogP contribution in [0.2, 0.25) is 0 Å².